The maximum atomic E-state index is 5.21. The van der Waals surface area contributed by atoms with Crippen molar-refractivity contribution in [2.45, 2.75) is 19.3 Å². The first kappa shape index (κ1) is 25.8. The van der Waals surface area contributed by atoms with Crippen molar-refractivity contribution in [3.63, 3.8) is 0 Å². The van der Waals surface area contributed by atoms with Crippen LogP contribution in [0.25, 0.3) is 77.6 Å². The van der Waals surface area contributed by atoms with E-state index in [-0.39, 0.29) is 5.41 Å². The summed E-state index contributed by atoms with van der Waals surface area (Å²) in [5.74, 6) is 2.01. The lowest BCUT2D eigenvalue weighted by Crippen LogP contribution is -2.15. The second-order valence-corrected chi connectivity index (χ2v) is 12.5. The lowest BCUT2D eigenvalue weighted by Gasteiger charge is -2.23. The fraction of sp³-hybridized carbons (Fsp3) is 0.0714. The van der Waals surface area contributed by atoms with Crippen molar-refractivity contribution in [3.8, 4) is 45.3 Å². The Hall–Kier alpha value is -5.67. The van der Waals surface area contributed by atoms with E-state index in [1.165, 1.54) is 43.8 Å². The molecule has 0 saturated carbocycles. The first-order chi connectivity index (χ1) is 22.1. The molecule has 8 aromatic rings. The van der Waals surface area contributed by atoms with Gasteiger partial charge in [-0.25, -0.2) is 15.0 Å². The predicted octanol–water partition coefficient (Wildman–Crippen LogP) is 10.6. The van der Waals surface area contributed by atoms with Gasteiger partial charge in [0, 0.05) is 22.1 Å². The van der Waals surface area contributed by atoms with Crippen molar-refractivity contribution in [1.29, 1.82) is 0 Å². The number of hydrogen-bond acceptors (Lipinski definition) is 3. The van der Waals surface area contributed by atoms with Gasteiger partial charge in [0.25, 0.3) is 0 Å². The van der Waals surface area contributed by atoms with Crippen LogP contribution in [0.15, 0.2) is 140 Å². The van der Waals surface area contributed by atoms with Crippen LogP contribution in [0.3, 0.4) is 0 Å². The molecule has 0 radical (unpaired) electrons. The summed E-state index contributed by atoms with van der Waals surface area (Å²) in [5.41, 5.74) is 8.19. The Morgan fingerprint density at radius 3 is 1.89 bits per heavy atom. The molecule has 7 aromatic carbocycles. The number of benzene rings is 7. The van der Waals surface area contributed by atoms with Gasteiger partial charge in [-0.3, -0.25) is 0 Å². The lowest BCUT2D eigenvalue weighted by atomic mass is 9.80. The first-order valence-corrected chi connectivity index (χ1v) is 15.5. The molecule has 0 atom stereocenters. The standard InChI is InChI=1S/C42H29N3/c1-42(2)37-19-11-10-18-33(37)34-23-22-26-20-21-29(25-35(26)38(34)42)40-43-39(27-12-4-3-5-13-27)44-41(45-40)36-24-28-14-6-7-15-30(28)31-16-8-9-17-32(31)36/h3-25H,1-2H3. The summed E-state index contributed by atoms with van der Waals surface area (Å²) in [5, 5.41) is 7.17. The number of fused-ring (bicyclic) bond motifs is 8. The van der Waals surface area contributed by atoms with Crippen LogP contribution >= 0.6 is 0 Å². The highest BCUT2D eigenvalue weighted by Gasteiger charge is 2.36. The third kappa shape index (κ3) is 3.94. The monoisotopic (exact) mass is 575 g/mol. The molecule has 0 saturated heterocycles. The Bertz CT molecular complexity index is 2460. The molecule has 0 N–H and O–H groups in total. The molecule has 1 aliphatic carbocycles. The maximum absolute atomic E-state index is 5.21. The molecule has 0 unspecified atom stereocenters. The van der Waals surface area contributed by atoms with Crippen LogP contribution in [-0.4, -0.2) is 15.0 Å². The Balaban J connectivity index is 1.31. The minimum Gasteiger partial charge on any atom is -0.208 e. The zero-order valence-electron chi connectivity index (χ0n) is 25.1. The average Bonchev–Trinajstić information content (AvgIpc) is 3.34. The van der Waals surface area contributed by atoms with Crippen molar-refractivity contribution in [3.05, 3.63) is 151 Å². The van der Waals surface area contributed by atoms with Gasteiger partial charge in [-0.1, -0.05) is 141 Å². The van der Waals surface area contributed by atoms with Gasteiger partial charge in [-0.15, -0.1) is 0 Å². The quantitative estimate of drug-likeness (QED) is 0.197. The summed E-state index contributed by atoms with van der Waals surface area (Å²) in [7, 11) is 0. The lowest BCUT2D eigenvalue weighted by molar-refractivity contribution is 0.666. The molecule has 3 nitrogen and oxygen atoms in total. The fourth-order valence-electron chi connectivity index (χ4n) is 7.34. The van der Waals surface area contributed by atoms with Crippen LogP contribution in [0.4, 0.5) is 0 Å². The van der Waals surface area contributed by atoms with E-state index in [0.717, 1.165) is 27.5 Å². The summed E-state index contributed by atoms with van der Waals surface area (Å²) in [6.45, 7) is 4.67. The van der Waals surface area contributed by atoms with Gasteiger partial charge in [-0.05, 0) is 66.7 Å². The van der Waals surface area contributed by atoms with Gasteiger partial charge in [0.1, 0.15) is 0 Å². The molecule has 0 spiro atoms. The second-order valence-electron chi connectivity index (χ2n) is 12.5. The molecule has 9 rings (SSSR count). The van der Waals surface area contributed by atoms with Gasteiger partial charge in [0.15, 0.2) is 17.5 Å². The minimum atomic E-state index is -0.118. The van der Waals surface area contributed by atoms with Crippen LogP contribution < -0.4 is 0 Å². The molecule has 0 aliphatic heterocycles. The van der Waals surface area contributed by atoms with E-state index in [1.807, 2.05) is 18.2 Å². The second kappa shape index (κ2) is 9.67. The largest absolute Gasteiger partial charge is 0.208 e. The number of nitrogens with zero attached hydrogens (tertiary/aromatic N) is 3. The third-order valence-electron chi connectivity index (χ3n) is 9.47. The highest BCUT2D eigenvalue weighted by molar-refractivity contribution is 6.13. The summed E-state index contributed by atoms with van der Waals surface area (Å²) in [6.07, 6.45) is 0. The molecule has 1 heterocycles. The first-order valence-electron chi connectivity index (χ1n) is 15.5. The maximum Gasteiger partial charge on any atom is 0.164 e. The SMILES string of the molecule is CC1(C)c2ccccc2-c2ccc3ccc(-c4nc(-c5ccccc5)nc(-c5cc6ccccc6c6ccccc56)n4)cc3c21. The molecule has 1 aromatic heterocycles. The molecule has 212 valence electrons. The van der Waals surface area contributed by atoms with Crippen molar-refractivity contribution < 1.29 is 0 Å². The average molecular weight is 576 g/mol. The van der Waals surface area contributed by atoms with Gasteiger partial charge in [0.2, 0.25) is 0 Å². The zero-order valence-corrected chi connectivity index (χ0v) is 25.1. The predicted molar refractivity (Wildman–Crippen MR) is 186 cm³/mol. The van der Waals surface area contributed by atoms with E-state index in [2.05, 4.69) is 135 Å². The van der Waals surface area contributed by atoms with Crippen LogP contribution in [0, 0.1) is 0 Å². The van der Waals surface area contributed by atoms with Crippen LogP contribution in [0.2, 0.25) is 0 Å². The Morgan fingerprint density at radius 2 is 1.04 bits per heavy atom. The van der Waals surface area contributed by atoms with Crippen LogP contribution in [0.1, 0.15) is 25.0 Å². The number of rotatable bonds is 3. The molecule has 0 amide bonds. The van der Waals surface area contributed by atoms with Gasteiger partial charge in [-0.2, -0.15) is 0 Å². The van der Waals surface area contributed by atoms with E-state index < -0.39 is 0 Å². The van der Waals surface area contributed by atoms with Crippen molar-refractivity contribution in [2.24, 2.45) is 0 Å². The molecule has 0 fully saturated rings. The number of hydrogen-bond donors (Lipinski definition) is 0. The minimum absolute atomic E-state index is 0.118. The van der Waals surface area contributed by atoms with Gasteiger partial charge >= 0.3 is 0 Å². The van der Waals surface area contributed by atoms with Crippen molar-refractivity contribution in [1.82, 2.24) is 15.0 Å². The highest BCUT2D eigenvalue weighted by Crippen LogP contribution is 2.51. The molecule has 45 heavy (non-hydrogen) atoms. The summed E-state index contributed by atoms with van der Waals surface area (Å²) < 4.78 is 0. The van der Waals surface area contributed by atoms with E-state index in [4.69, 9.17) is 15.0 Å². The topological polar surface area (TPSA) is 38.7 Å². The normalized spacial score (nSPS) is 13.3. The van der Waals surface area contributed by atoms with E-state index in [0.29, 0.717) is 17.5 Å². The van der Waals surface area contributed by atoms with Gasteiger partial charge in [0.05, 0.1) is 0 Å². The zero-order chi connectivity index (χ0) is 30.1. The van der Waals surface area contributed by atoms with E-state index >= 15 is 0 Å². The molecule has 0 bridgehead atoms. The van der Waals surface area contributed by atoms with E-state index in [9.17, 15) is 0 Å². The summed E-state index contributed by atoms with van der Waals surface area (Å²) in [6, 6.07) is 49.5. The van der Waals surface area contributed by atoms with Gasteiger partial charge < -0.3 is 0 Å². The molecule has 1 aliphatic rings. The Labute approximate surface area is 261 Å². The molecule has 3 heteroatoms. The number of aromatic nitrogens is 3. The van der Waals surface area contributed by atoms with Crippen LogP contribution in [-0.2, 0) is 5.41 Å². The van der Waals surface area contributed by atoms with Crippen LogP contribution in [0.5, 0.6) is 0 Å². The molecular weight excluding hydrogens is 546 g/mol. The smallest absolute Gasteiger partial charge is 0.164 e. The Kier molecular flexibility index (Phi) is 5.54. The third-order valence-corrected chi connectivity index (χ3v) is 9.47. The summed E-state index contributed by atoms with van der Waals surface area (Å²) >= 11 is 0. The van der Waals surface area contributed by atoms with Crippen molar-refractivity contribution in [2.75, 3.05) is 0 Å². The molecular formula is C42H29N3. The summed E-state index contributed by atoms with van der Waals surface area (Å²) in [4.78, 5) is 15.4. The highest BCUT2D eigenvalue weighted by atomic mass is 15.0. The van der Waals surface area contributed by atoms with E-state index in [1.54, 1.807) is 0 Å². The fourth-order valence-corrected chi connectivity index (χ4v) is 7.34. The van der Waals surface area contributed by atoms with Crippen molar-refractivity contribution >= 4 is 32.3 Å². The Morgan fingerprint density at radius 1 is 0.400 bits per heavy atom.